The van der Waals surface area contributed by atoms with Crippen molar-refractivity contribution in [2.24, 2.45) is 0 Å². The number of aromatic nitrogens is 5. The Bertz CT molecular complexity index is 1060. The van der Waals surface area contributed by atoms with Crippen LogP contribution in [0.2, 0.25) is 0 Å². The second-order valence-corrected chi connectivity index (χ2v) is 7.34. The molecule has 0 saturated heterocycles. The van der Waals surface area contributed by atoms with Gasteiger partial charge in [0.2, 0.25) is 11.7 Å². The molecule has 0 spiro atoms. The first kappa shape index (κ1) is 17.8. The van der Waals surface area contributed by atoms with E-state index in [1.54, 1.807) is 11.3 Å². The van der Waals surface area contributed by atoms with Gasteiger partial charge in [-0.1, -0.05) is 23.0 Å². The topological polar surface area (TPSA) is 69.6 Å². The van der Waals surface area contributed by atoms with Crippen LogP contribution in [0, 0.1) is 11.6 Å². The van der Waals surface area contributed by atoms with Gasteiger partial charge in [0.15, 0.2) is 11.0 Å². The van der Waals surface area contributed by atoms with E-state index in [1.807, 2.05) is 29.0 Å². The molecular formula is C17H13F2N5OS2. The summed E-state index contributed by atoms with van der Waals surface area (Å²) in [7, 11) is 0. The van der Waals surface area contributed by atoms with Crippen molar-refractivity contribution >= 4 is 23.1 Å². The first-order chi connectivity index (χ1) is 13.2. The Hall–Kier alpha value is -2.59. The highest BCUT2D eigenvalue weighted by Crippen LogP contribution is 2.29. The molecule has 0 amide bonds. The van der Waals surface area contributed by atoms with E-state index in [-0.39, 0.29) is 11.4 Å². The third kappa shape index (κ3) is 3.62. The zero-order valence-electron chi connectivity index (χ0n) is 14.1. The summed E-state index contributed by atoms with van der Waals surface area (Å²) < 4.78 is 34.3. The summed E-state index contributed by atoms with van der Waals surface area (Å²) in [5, 5.41) is 14.9. The first-order valence-electron chi connectivity index (χ1n) is 8.03. The lowest BCUT2D eigenvalue weighted by atomic mass is 10.2. The molecule has 138 valence electrons. The monoisotopic (exact) mass is 405 g/mol. The Labute approximate surface area is 161 Å². The molecule has 27 heavy (non-hydrogen) atoms. The number of halogens is 2. The van der Waals surface area contributed by atoms with E-state index >= 15 is 0 Å². The zero-order valence-corrected chi connectivity index (χ0v) is 15.7. The molecule has 0 radical (unpaired) electrons. The fourth-order valence-corrected chi connectivity index (χ4v) is 4.04. The summed E-state index contributed by atoms with van der Waals surface area (Å²) in [6, 6.07) is 7.07. The van der Waals surface area contributed by atoms with Crippen LogP contribution in [0.1, 0.15) is 12.8 Å². The molecule has 1 aromatic carbocycles. The van der Waals surface area contributed by atoms with E-state index in [0.29, 0.717) is 18.2 Å². The molecule has 0 N–H and O–H groups in total. The zero-order chi connectivity index (χ0) is 18.8. The molecule has 0 aliphatic rings. The van der Waals surface area contributed by atoms with Crippen LogP contribution in [0.4, 0.5) is 8.78 Å². The van der Waals surface area contributed by atoms with E-state index in [2.05, 4.69) is 20.3 Å². The SMILES string of the molecule is CCn1c(SCc2nc(-c3cc(F)ccc3F)no2)nnc1-c1cccs1. The molecule has 0 bridgehead atoms. The van der Waals surface area contributed by atoms with Crippen molar-refractivity contribution in [2.45, 2.75) is 24.4 Å². The lowest BCUT2D eigenvalue weighted by Crippen LogP contribution is -1.99. The predicted octanol–water partition coefficient (Wildman–Crippen LogP) is 4.65. The Morgan fingerprint density at radius 3 is 2.89 bits per heavy atom. The van der Waals surface area contributed by atoms with Crippen molar-refractivity contribution < 1.29 is 13.3 Å². The minimum absolute atomic E-state index is 0.0128. The van der Waals surface area contributed by atoms with Crippen molar-refractivity contribution in [1.82, 2.24) is 24.9 Å². The van der Waals surface area contributed by atoms with Crippen molar-refractivity contribution in [3.05, 3.63) is 53.2 Å². The average molecular weight is 405 g/mol. The largest absolute Gasteiger partial charge is 0.338 e. The molecule has 4 aromatic rings. The molecule has 3 aromatic heterocycles. The summed E-state index contributed by atoms with van der Waals surface area (Å²) in [5.41, 5.74) is -0.0355. The molecular weight excluding hydrogens is 392 g/mol. The molecule has 0 aliphatic carbocycles. The van der Waals surface area contributed by atoms with Gasteiger partial charge < -0.3 is 9.09 Å². The van der Waals surface area contributed by atoms with Gasteiger partial charge >= 0.3 is 0 Å². The van der Waals surface area contributed by atoms with Crippen molar-refractivity contribution in [1.29, 1.82) is 0 Å². The molecule has 0 aliphatic heterocycles. The van der Waals surface area contributed by atoms with Gasteiger partial charge in [-0.15, -0.1) is 21.5 Å². The number of benzene rings is 1. The summed E-state index contributed by atoms with van der Waals surface area (Å²) in [6.07, 6.45) is 0. The second kappa shape index (κ2) is 7.57. The maximum Gasteiger partial charge on any atom is 0.237 e. The van der Waals surface area contributed by atoms with Crippen LogP contribution in [0.25, 0.3) is 22.1 Å². The lowest BCUT2D eigenvalue weighted by Gasteiger charge is -2.04. The average Bonchev–Trinajstić information content (AvgIpc) is 3.41. The van der Waals surface area contributed by atoms with E-state index in [4.69, 9.17) is 4.52 Å². The van der Waals surface area contributed by atoms with Crippen LogP contribution in [0.5, 0.6) is 0 Å². The highest BCUT2D eigenvalue weighted by atomic mass is 32.2. The van der Waals surface area contributed by atoms with Gasteiger partial charge in [0, 0.05) is 6.54 Å². The first-order valence-corrected chi connectivity index (χ1v) is 9.90. The second-order valence-electron chi connectivity index (χ2n) is 5.45. The molecule has 0 fully saturated rings. The number of thioether (sulfide) groups is 1. The maximum absolute atomic E-state index is 13.8. The minimum Gasteiger partial charge on any atom is -0.338 e. The van der Waals surface area contributed by atoms with E-state index in [0.717, 1.165) is 34.1 Å². The minimum atomic E-state index is -0.609. The number of hydrogen-bond donors (Lipinski definition) is 0. The molecule has 10 heteroatoms. The molecule has 4 rings (SSSR count). The molecule has 3 heterocycles. The maximum atomic E-state index is 13.8. The summed E-state index contributed by atoms with van der Waals surface area (Å²) in [5.74, 6) is 0.280. The van der Waals surface area contributed by atoms with Gasteiger partial charge in [0.1, 0.15) is 11.6 Å². The van der Waals surface area contributed by atoms with Gasteiger partial charge in [0.25, 0.3) is 0 Å². The molecule has 0 atom stereocenters. The third-order valence-corrected chi connectivity index (χ3v) is 5.55. The Balaban J connectivity index is 1.52. The van der Waals surface area contributed by atoms with Crippen LogP contribution in [-0.4, -0.2) is 24.9 Å². The van der Waals surface area contributed by atoms with Gasteiger partial charge in [-0.2, -0.15) is 4.98 Å². The number of rotatable bonds is 6. The summed E-state index contributed by atoms with van der Waals surface area (Å²) in [6.45, 7) is 2.73. The molecule has 0 unspecified atom stereocenters. The van der Waals surface area contributed by atoms with Gasteiger partial charge in [-0.25, -0.2) is 8.78 Å². The fraction of sp³-hybridized carbons (Fsp3) is 0.176. The number of thiophene rings is 1. The highest BCUT2D eigenvalue weighted by Gasteiger charge is 2.17. The molecule has 0 saturated carbocycles. The van der Waals surface area contributed by atoms with Gasteiger partial charge in [-0.05, 0) is 36.6 Å². The summed E-state index contributed by atoms with van der Waals surface area (Å²) >= 11 is 2.99. The molecule has 6 nitrogen and oxygen atoms in total. The van der Waals surface area contributed by atoms with Crippen LogP contribution in [0.15, 0.2) is 45.4 Å². The third-order valence-electron chi connectivity index (χ3n) is 3.74. The predicted molar refractivity (Wildman–Crippen MR) is 98.2 cm³/mol. The quantitative estimate of drug-likeness (QED) is 0.435. The normalized spacial score (nSPS) is 11.2. The summed E-state index contributed by atoms with van der Waals surface area (Å²) in [4.78, 5) is 5.19. The van der Waals surface area contributed by atoms with E-state index in [1.165, 1.54) is 11.8 Å². The van der Waals surface area contributed by atoms with Crippen LogP contribution in [-0.2, 0) is 12.3 Å². The van der Waals surface area contributed by atoms with E-state index in [9.17, 15) is 8.78 Å². The van der Waals surface area contributed by atoms with E-state index < -0.39 is 11.6 Å². The van der Waals surface area contributed by atoms with Crippen molar-refractivity contribution in [3.63, 3.8) is 0 Å². The Kier molecular flexibility index (Phi) is 4.99. The van der Waals surface area contributed by atoms with Gasteiger partial charge in [-0.3, -0.25) is 0 Å². The van der Waals surface area contributed by atoms with Gasteiger partial charge in [0.05, 0.1) is 16.2 Å². The van der Waals surface area contributed by atoms with Crippen LogP contribution >= 0.6 is 23.1 Å². The standard InChI is InChI=1S/C17H13F2N5OS2/c1-2-24-16(13-4-3-7-26-13)21-22-17(24)27-9-14-20-15(23-25-14)11-8-10(18)5-6-12(11)19/h3-8H,2,9H2,1H3. The Morgan fingerprint density at radius 2 is 2.11 bits per heavy atom. The highest BCUT2D eigenvalue weighted by molar-refractivity contribution is 7.98. The number of nitrogens with zero attached hydrogens (tertiary/aromatic N) is 5. The van der Waals surface area contributed by atoms with Crippen molar-refractivity contribution in [2.75, 3.05) is 0 Å². The lowest BCUT2D eigenvalue weighted by molar-refractivity contribution is 0.391. The smallest absolute Gasteiger partial charge is 0.237 e. The van der Waals surface area contributed by atoms with Crippen LogP contribution < -0.4 is 0 Å². The van der Waals surface area contributed by atoms with Crippen LogP contribution in [0.3, 0.4) is 0 Å². The number of hydrogen-bond acceptors (Lipinski definition) is 7. The Morgan fingerprint density at radius 1 is 1.22 bits per heavy atom. The van der Waals surface area contributed by atoms with Crippen molar-refractivity contribution in [3.8, 4) is 22.1 Å². The fourth-order valence-electron chi connectivity index (χ4n) is 2.49.